The number of amides is 4. The van der Waals surface area contributed by atoms with Crippen LogP contribution in [0.4, 0.5) is 8.78 Å². The van der Waals surface area contributed by atoms with Crippen LogP contribution in [-0.4, -0.2) is 116 Å². The average Bonchev–Trinajstić information content (AvgIpc) is 3.57. The molecule has 16 nitrogen and oxygen atoms in total. The van der Waals surface area contributed by atoms with E-state index in [1.807, 2.05) is 55.7 Å². The molecule has 19 heteroatoms. The molecule has 10 N–H and O–H groups in total. The van der Waals surface area contributed by atoms with Gasteiger partial charge in [0, 0.05) is 54.9 Å². The molecule has 1 heterocycles. The van der Waals surface area contributed by atoms with Crippen LogP contribution in [0.3, 0.4) is 0 Å². The Bertz CT molecular complexity index is 1910. The lowest BCUT2D eigenvalue weighted by Crippen LogP contribution is -2.48. The Labute approximate surface area is 338 Å². The third-order valence-electron chi connectivity index (χ3n) is 8.87. The van der Waals surface area contributed by atoms with Gasteiger partial charge in [-0.25, -0.2) is 8.78 Å². The molecular weight excluding hydrogens is 781 g/mol. The molecule has 1 aromatic heterocycles. The number of hydrogen-bond donors (Lipinski definition) is 8. The molecule has 4 unspecified atom stereocenters. The number of halogens is 2. The van der Waals surface area contributed by atoms with Crippen molar-refractivity contribution in [3.05, 3.63) is 83.7 Å². The zero-order chi connectivity index (χ0) is 43.2. The van der Waals surface area contributed by atoms with Gasteiger partial charge < -0.3 is 52.2 Å². The number of aromatic nitrogens is 1. The summed E-state index contributed by atoms with van der Waals surface area (Å²) >= 11 is 0.736. The Morgan fingerprint density at radius 2 is 1.57 bits per heavy atom. The Kier molecular flexibility index (Phi) is 17.8. The van der Waals surface area contributed by atoms with Crippen LogP contribution in [-0.2, 0) is 35.3 Å². The van der Waals surface area contributed by atoms with E-state index < -0.39 is 95.6 Å². The standard InChI is InChI=1S/C39H51F2N7O9S/c1-39(2,3)35(30-15-24(26-16-25(40)9-10-27(26)41)20-47(30)19-23-7-5-4-6-8-23)48(33(51)21-49)14-11-28(42)36(54)45-13-12-44-32(50)18-46-37(55)31(17-34(52)53)58-22-29(43)38(56)57/h4-10,15-16,20,28-29,31,35,49H,11-14,17-19,21-22,42-43H2,1-3H3,(H,44,50)(H,45,54)(H,46,55)(H,52,53)(H,56,57). The number of carboxylic acid groups (broad SMARTS) is 2. The van der Waals surface area contributed by atoms with Gasteiger partial charge in [-0.3, -0.25) is 28.8 Å². The van der Waals surface area contributed by atoms with Crippen LogP contribution >= 0.6 is 11.8 Å². The molecule has 0 fully saturated rings. The first-order valence-electron chi connectivity index (χ1n) is 18.3. The van der Waals surface area contributed by atoms with Crippen molar-refractivity contribution in [2.75, 3.05) is 38.5 Å². The predicted octanol–water partition coefficient (Wildman–Crippen LogP) is 1.44. The number of carbonyl (C=O) groups excluding carboxylic acids is 4. The first-order valence-corrected chi connectivity index (χ1v) is 19.4. The van der Waals surface area contributed by atoms with Crippen molar-refractivity contribution in [2.24, 2.45) is 16.9 Å². The number of hydrogen-bond acceptors (Lipinski definition) is 10. The molecule has 3 rings (SSSR count). The first kappa shape index (κ1) is 47.0. The summed E-state index contributed by atoms with van der Waals surface area (Å²) in [6.45, 7) is 4.40. The minimum Gasteiger partial charge on any atom is -0.481 e. The van der Waals surface area contributed by atoms with Crippen LogP contribution < -0.4 is 27.4 Å². The third-order valence-corrected chi connectivity index (χ3v) is 10.2. The average molecular weight is 832 g/mol. The molecule has 58 heavy (non-hydrogen) atoms. The summed E-state index contributed by atoms with van der Waals surface area (Å²) in [5, 5.41) is 34.3. The molecule has 0 bridgehead atoms. The van der Waals surface area contributed by atoms with E-state index in [1.165, 1.54) is 4.90 Å². The minimum absolute atomic E-state index is 0.0273. The van der Waals surface area contributed by atoms with Crippen molar-refractivity contribution >= 4 is 47.3 Å². The number of nitrogens with zero attached hydrogens (tertiary/aromatic N) is 2. The summed E-state index contributed by atoms with van der Waals surface area (Å²) in [7, 11) is 0. The maximum Gasteiger partial charge on any atom is 0.321 e. The smallest absolute Gasteiger partial charge is 0.321 e. The van der Waals surface area contributed by atoms with E-state index in [0.29, 0.717) is 17.8 Å². The molecule has 0 saturated heterocycles. The van der Waals surface area contributed by atoms with Crippen molar-refractivity contribution in [1.29, 1.82) is 0 Å². The third kappa shape index (κ3) is 14.2. The first-order chi connectivity index (χ1) is 27.3. The highest BCUT2D eigenvalue weighted by Gasteiger charge is 2.37. The lowest BCUT2D eigenvalue weighted by Gasteiger charge is -2.41. The van der Waals surface area contributed by atoms with Crippen molar-refractivity contribution in [3.8, 4) is 11.1 Å². The second kappa shape index (κ2) is 22.0. The highest BCUT2D eigenvalue weighted by Crippen LogP contribution is 2.41. The number of aliphatic hydroxyl groups excluding tert-OH is 1. The largest absolute Gasteiger partial charge is 0.481 e. The maximum atomic E-state index is 15.0. The van der Waals surface area contributed by atoms with Crippen LogP contribution in [0.1, 0.15) is 50.9 Å². The molecule has 0 aliphatic heterocycles. The van der Waals surface area contributed by atoms with Gasteiger partial charge in [0.05, 0.1) is 30.3 Å². The lowest BCUT2D eigenvalue weighted by molar-refractivity contribution is -0.140. The van der Waals surface area contributed by atoms with Crippen LogP contribution in [0.25, 0.3) is 11.1 Å². The molecule has 0 saturated carbocycles. The fourth-order valence-corrected chi connectivity index (χ4v) is 7.13. The highest BCUT2D eigenvalue weighted by molar-refractivity contribution is 8.00. The van der Waals surface area contributed by atoms with E-state index in [1.54, 1.807) is 12.3 Å². The minimum atomic E-state index is -1.32. The van der Waals surface area contributed by atoms with E-state index >= 15 is 4.39 Å². The summed E-state index contributed by atoms with van der Waals surface area (Å²) in [4.78, 5) is 74.7. The number of rotatable bonds is 22. The van der Waals surface area contributed by atoms with Crippen LogP contribution in [0.5, 0.6) is 0 Å². The molecule has 0 radical (unpaired) electrons. The van der Waals surface area contributed by atoms with Crippen LogP contribution in [0.15, 0.2) is 60.8 Å². The number of nitrogens with one attached hydrogen (secondary N) is 3. The number of carbonyl (C=O) groups is 6. The monoisotopic (exact) mass is 831 g/mol. The summed E-state index contributed by atoms with van der Waals surface area (Å²) in [6, 6.07) is 11.0. The molecule has 2 aromatic carbocycles. The SMILES string of the molecule is CC(C)(C)C(c1cc(-c2cc(F)ccc2F)cn1Cc1ccccc1)N(CCC(N)C(=O)NCCNC(=O)CNC(=O)C(CC(=O)O)SCC(N)C(=O)O)C(=O)CO. The number of nitrogens with two attached hydrogens (primary N) is 2. The Hall–Kier alpha value is -5.37. The second-order valence-electron chi connectivity index (χ2n) is 14.5. The van der Waals surface area contributed by atoms with Gasteiger partial charge in [-0.15, -0.1) is 11.8 Å². The van der Waals surface area contributed by atoms with Gasteiger partial charge in [0.25, 0.3) is 0 Å². The van der Waals surface area contributed by atoms with Gasteiger partial charge in [-0.05, 0) is 41.7 Å². The number of aliphatic carboxylic acids is 2. The maximum absolute atomic E-state index is 15.0. The number of carboxylic acids is 2. The van der Waals surface area contributed by atoms with Gasteiger partial charge in [0.15, 0.2) is 0 Å². The van der Waals surface area contributed by atoms with E-state index in [0.717, 1.165) is 35.5 Å². The van der Waals surface area contributed by atoms with E-state index in [2.05, 4.69) is 16.0 Å². The van der Waals surface area contributed by atoms with E-state index in [4.69, 9.17) is 21.7 Å². The van der Waals surface area contributed by atoms with Gasteiger partial charge in [-0.1, -0.05) is 51.1 Å². The van der Waals surface area contributed by atoms with Crippen LogP contribution in [0.2, 0.25) is 0 Å². The van der Waals surface area contributed by atoms with E-state index in [-0.39, 0.29) is 37.4 Å². The molecule has 3 aromatic rings. The Balaban J connectivity index is 1.67. The molecule has 4 atom stereocenters. The number of aliphatic hydroxyl groups is 1. The normalized spacial score (nSPS) is 13.4. The van der Waals surface area contributed by atoms with Crippen LogP contribution in [0, 0.1) is 17.0 Å². The Morgan fingerprint density at radius 3 is 2.19 bits per heavy atom. The fraction of sp³-hybridized carbons (Fsp3) is 0.436. The van der Waals surface area contributed by atoms with Gasteiger partial charge in [0.1, 0.15) is 24.3 Å². The van der Waals surface area contributed by atoms with Gasteiger partial charge in [-0.2, -0.15) is 0 Å². The fourth-order valence-electron chi connectivity index (χ4n) is 6.05. The molecule has 0 aliphatic rings. The molecular formula is C39H51F2N7O9S. The lowest BCUT2D eigenvalue weighted by atomic mass is 9.82. The Morgan fingerprint density at radius 1 is 0.897 bits per heavy atom. The molecule has 316 valence electrons. The van der Waals surface area contributed by atoms with Gasteiger partial charge in [0.2, 0.25) is 23.6 Å². The van der Waals surface area contributed by atoms with Gasteiger partial charge >= 0.3 is 11.9 Å². The van der Waals surface area contributed by atoms with Crippen molar-refractivity contribution < 1.29 is 52.9 Å². The quantitative estimate of drug-likeness (QED) is 0.0670. The molecule has 4 amide bonds. The molecule has 0 spiro atoms. The van der Waals surface area contributed by atoms with E-state index in [9.17, 15) is 38.3 Å². The number of thioether (sulfide) groups is 1. The summed E-state index contributed by atoms with van der Waals surface area (Å²) in [5.41, 5.74) is 12.8. The highest BCUT2D eigenvalue weighted by atomic mass is 32.2. The topological polar surface area (TPSA) is 259 Å². The summed E-state index contributed by atoms with van der Waals surface area (Å²) < 4.78 is 31.2. The van der Waals surface area contributed by atoms with Crippen molar-refractivity contribution in [1.82, 2.24) is 25.4 Å². The zero-order valence-electron chi connectivity index (χ0n) is 32.5. The van der Waals surface area contributed by atoms with Crippen molar-refractivity contribution in [3.63, 3.8) is 0 Å². The number of benzene rings is 2. The summed E-state index contributed by atoms with van der Waals surface area (Å²) in [5.74, 6) is -6.82. The summed E-state index contributed by atoms with van der Waals surface area (Å²) in [6.07, 6.45) is 1.02. The molecule has 0 aliphatic carbocycles. The van der Waals surface area contributed by atoms with Crippen molar-refractivity contribution in [2.45, 2.75) is 63.5 Å². The predicted molar refractivity (Wildman–Crippen MR) is 212 cm³/mol. The zero-order valence-corrected chi connectivity index (χ0v) is 33.3. The second-order valence-corrected chi connectivity index (χ2v) is 15.8.